The number of carbonyl (C=O) groups excluding carboxylic acids is 1. The van der Waals surface area contributed by atoms with Crippen molar-refractivity contribution in [3.8, 4) is 0 Å². The van der Waals surface area contributed by atoms with Gasteiger partial charge in [-0.05, 0) is 69.1 Å². The molecule has 0 radical (unpaired) electrons. The van der Waals surface area contributed by atoms with Crippen molar-refractivity contribution in [3.63, 3.8) is 0 Å². The number of carbonyl (C=O) groups is 1. The molecule has 0 unspecified atom stereocenters. The Morgan fingerprint density at radius 2 is 2.05 bits per heavy atom. The van der Waals surface area contributed by atoms with Crippen LogP contribution in [0, 0.1) is 5.82 Å². The Bertz CT molecular complexity index is 629. The molecule has 0 N–H and O–H groups in total. The Kier molecular flexibility index (Phi) is 5.35. The normalized spacial score (nSPS) is 10.6. The zero-order chi connectivity index (χ0) is 14.7. The van der Waals surface area contributed by atoms with Crippen molar-refractivity contribution in [1.82, 2.24) is 4.90 Å². The highest BCUT2D eigenvalue weighted by atomic mass is 79.9. The summed E-state index contributed by atoms with van der Waals surface area (Å²) in [6.07, 6.45) is 0. The van der Waals surface area contributed by atoms with Gasteiger partial charge in [0.05, 0.1) is 14.8 Å². The quantitative estimate of drug-likeness (QED) is 0.675. The first-order chi connectivity index (χ1) is 9.51. The van der Waals surface area contributed by atoms with Crippen LogP contribution in [0.4, 0.5) is 4.39 Å². The Balaban J connectivity index is 2.18. The largest absolute Gasteiger partial charge is 0.334 e. The zero-order valence-corrected chi connectivity index (χ0v) is 14.7. The van der Waals surface area contributed by atoms with Crippen molar-refractivity contribution >= 4 is 49.1 Å². The van der Waals surface area contributed by atoms with Crippen LogP contribution in [0.2, 0.25) is 0 Å². The highest BCUT2D eigenvalue weighted by Crippen LogP contribution is 2.24. The van der Waals surface area contributed by atoms with Crippen LogP contribution >= 0.6 is 43.2 Å². The monoisotopic (exact) mass is 419 g/mol. The van der Waals surface area contributed by atoms with Crippen LogP contribution in [0.1, 0.15) is 22.2 Å². The van der Waals surface area contributed by atoms with Crippen molar-refractivity contribution in [2.75, 3.05) is 6.54 Å². The highest BCUT2D eigenvalue weighted by Gasteiger charge is 2.16. The molecule has 1 heterocycles. The van der Waals surface area contributed by atoms with E-state index < -0.39 is 5.82 Å². The van der Waals surface area contributed by atoms with Crippen LogP contribution in [-0.4, -0.2) is 17.4 Å². The number of amides is 1. The molecule has 106 valence electrons. The van der Waals surface area contributed by atoms with E-state index in [1.165, 1.54) is 6.07 Å². The third kappa shape index (κ3) is 3.68. The van der Waals surface area contributed by atoms with Crippen molar-refractivity contribution < 1.29 is 9.18 Å². The molecule has 0 atom stereocenters. The summed E-state index contributed by atoms with van der Waals surface area (Å²) in [5.74, 6) is -0.589. The Morgan fingerprint density at radius 1 is 1.30 bits per heavy atom. The predicted molar refractivity (Wildman–Crippen MR) is 86.5 cm³/mol. The Labute approximate surface area is 137 Å². The SMILES string of the molecule is CCN(Cc1ccc(Br)s1)C(=O)c1ccc(Br)c(F)c1. The standard InChI is InChI=1S/C14H12Br2FNOS/c1-2-18(8-10-4-6-13(16)20-10)14(19)9-3-5-11(15)12(17)7-9/h3-7H,2,8H2,1H3. The van der Waals surface area contributed by atoms with E-state index >= 15 is 0 Å². The molecule has 1 amide bonds. The molecule has 6 heteroatoms. The molecule has 1 aromatic heterocycles. The summed E-state index contributed by atoms with van der Waals surface area (Å²) in [6.45, 7) is 3.02. The summed E-state index contributed by atoms with van der Waals surface area (Å²) >= 11 is 8.08. The number of hydrogen-bond acceptors (Lipinski definition) is 2. The molecule has 2 aromatic rings. The first kappa shape index (κ1) is 15.7. The minimum Gasteiger partial charge on any atom is -0.334 e. The molecule has 0 spiro atoms. The summed E-state index contributed by atoms with van der Waals surface area (Å²) < 4.78 is 14.9. The van der Waals surface area contributed by atoms with Crippen molar-refractivity contribution in [2.24, 2.45) is 0 Å². The number of halogens is 3. The maximum absolute atomic E-state index is 13.5. The lowest BCUT2D eigenvalue weighted by Gasteiger charge is -2.20. The van der Waals surface area contributed by atoms with E-state index in [1.54, 1.807) is 28.4 Å². The van der Waals surface area contributed by atoms with E-state index in [0.29, 0.717) is 23.1 Å². The summed E-state index contributed by atoms with van der Waals surface area (Å²) in [4.78, 5) is 15.2. The van der Waals surface area contributed by atoms with Gasteiger partial charge in [-0.3, -0.25) is 4.79 Å². The lowest BCUT2D eigenvalue weighted by atomic mass is 10.2. The maximum atomic E-state index is 13.5. The van der Waals surface area contributed by atoms with Gasteiger partial charge < -0.3 is 4.90 Å². The smallest absolute Gasteiger partial charge is 0.254 e. The van der Waals surface area contributed by atoms with Crippen molar-refractivity contribution in [1.29, 1.82) is 0 Å². The summed E-state index contributed by atoms with van der Waals surface area (Å²) in [5, 5.41) is 0. The predicted octanol–water partition coefficient (Wildman–Crippen LogP) is 5.07. The topological polar surface area (TPSA) is 20.3 Å². The van der Waals surface area contributed by atoms with Crippen LogP contribution in [0.5, 0.6) is 0 Å². The molecule has 2 rings (SSSR count). The number of nitrogens with zero attached hydrogens (tertiary/aromatic N) is 1. The van der Waals surface area contributed by atoms with Gasteiger partial charge in [-0.15, -0.1) is 11.3 Å². The third-order valence-corrected chi connectivity index (χ3v) is 5.06. The van der Waals surface area contributed by atoms with Gasteiger partial charge in [0.2, 0.25) is 0 Å². The lowest BCUT2D eigenvalue weighted by Crippen LogP contribution is -2.30. The molecule has 0 aliphatic carbocycles. The number of rotatable bonds is 4. The average Bonchev–Trinajstić information content (AvgIpc) is 2.84. The maximum Gasteiger partial charge on any atom is 0.254 e. The molecule has 1 aromatic carbocycles. The molecule has 0 saturated heterocycles. The van der Waals surface area contributed by atoms with Gasteiger partial charge in [0.25, 0.3) is 5.91 Å². The van der Waals surface area contributed by atoms with E-state index in [-0.39, 0.29) is 5.91 Å². The van der Waals surface area contributed by atoms with E-state index in [2.05, 4.69) is 31.9 Å². The van der Waals surface area contributed by atoms with Gasteiger partial charge >= 0.3 is 0 Å². The molecule has 0 aliphatic heterocycles. The van der Waals surface area contributed by atoms with Crippen LogP contribution in [-0.2, 0) is 6.54 Å². The van der Waals surface area contributed by atoms with Crippen molar-refractivity contribution in [2.45, 2.75) is 13.5 Å². The fraction of sp³-hybridized carbons (Fsp3) is 0.214. The highest BCUT2D eigenvalue weighted by molar-refractivity contribution is 9.11. The van der Waals surface area contributed by atoms with E-state index in [4.69, 9.17) is 0 Å². The first-order valence-electron chi connectivity index (χ1n) is 5.99. The molecule has 0 saturated carbocycles. The molecule has 0 fully saturated rings. The van der Waals surface area contributed by atoms with Gasteiger partial charge in [-0.2, -0.15) is 0 Å². The Hall–Kier alpha value is -0.720. The van der Waals surface area contributed by atoms with Gasteiger partial charge in [-0.25, -0.2) is 4.39 Å². The fourth-order valence-electron chi connectivity index (χ4n) is 1.76. The van der Waals surface area contributed by atoms with E-state index in [1.807, 2.05) is 19.1 Å². The lowest BCUT2D eigenvalue weighted by molar-refractivity contribution is 0.0753. The van der Waals surface area contributed by atoms with Gasteiger partial charge in [-0.1, -0.05) is 0 Å². The van der Waals surface area contributed by atoms with Gasteiger partial charge in [0.15, 0.2) is 0 Å². The fourth-order valence-corrected chi connectivity index (χ4v) is 3.51. The molecule has 0 aliphatic rings. The van der Waals surface area contributed by atoms with Crippen LogP contribution < -0.4 is 0 Å². The number of hydrogen-bond donors (Lipinski definition) is 0. The second-order valence-corrected chi connectivity index (χ2v) is 7.56. The minimum atomic E-state index is -0.425. The van der Waals surface area contributed by atoms with Crippen LogP contribution in [0.15, 0.2) is 38.6 Å². The van der Waals surface area contributed by atoms with Crippen molar-refractivity contribution in [3.05, 3.63) is 54.8 Å². The second kappa shape index (κ2) is 6.83. The van der Waals surface area contributed by atoms with Crippen LogP contribution in [0.25, 0.3) is 0 Å². The molecular formula is C14H12Br2FNOS. The summed E-state index contributed by atoms with van der Waals surface area (Å²) in [7, 11) is 0. The zero-order valence-electron chi connectivity index (χ0n) is 10.7. The molecular weight excluding hydrogens is 409 g/mol. The number of thiophene rings is 1. The minimum absolute atomic E-state index is 0.163. The third-order valence-electron chi connectivity index (χ3n) is 2.81. The van der Waals surface area contributed by atoms with Gasteiger partial charge in [0, 0.05) is 17.0 Å². The van der Waals surface area contributed by atoms with Gasteiger partial charge in [0.1, 0.15) is 5.82 Å². The Morgan fingerprint density at radius 3 is 2.60 bits per heavy atom. The first-order valence-corrected chi connectivity index (χ1v) is 8.40. The van der Waals surface area contributed by atoms with Crippen LogP contribution in [0.3, 0.4) is 0 Å². The molecule has 2 nitrogen and oxygen atoms in total. The van der Waals surface area contributed by atoms with E-state index in [9.17, 15) is 9.18 Å². The molecule has 0 bridgehead atoms. The molecule has 20 heavy (non-hydrogen) atoms. The summed E-state index contributed by atoms with van der Waals surface area (Å²) in [6, 6.07) is 8.38. The number of benzene rings is 1. The second-order valence-electron chi connectivity index (χ2n) is 4.15. The average molecular weight is 421 g/mol. The summed E-state index contributed by atoms with van der Waals surface area (Å²) in [5.41, 5.74) is 0.364. The van der Waals surface area contributed by atoms with E-state index in [0.717, 1.165) is 8.66 Å².